The number of ether oxygens (including phenoxy) is 3. The van der Waals surface area contributed by atoms with Gasteiger partial charge in [0.25, 0.3) is 0 Å². The molecule has 0 saturated carbocycles. The summed E-state index contributed by atoms with van der Waals surface area (Å²) in [5.74, 6) is 0.926. The van der Waals surface area contributed by atoms with Crippen molar-refractivity contribution in [1.82, 2.24) is 9.62 Å². The van der Waals surface area contributed by atoms with E-state index in [0.29, 0.717) is 28.4 Å². The summed E-state index contributed by atoms with van der Waals surface area (Å²) < 4.78 is 41.1. The zero-order valence-electron chi connectivity index (χ0n) is 17.1. The molecule has 29 heavy (non-hydrogen) atoms. The minimum absolute atomic E-state index is 0.149. The van der Waals surface area contributed by atoms with Gasteiger partial charge in [0.1, 0.15) is 6.04 Å². The number of carbonyl (C=O) groups is 1. The van der Waals surface area contributed by atoms with E-state index in [1.165, 1.54) is 28.4 Å². The Labute approximate surface area is 171 Å². The van der Waals surface area contributed by atoms with Crippen molar-refractivity contribution < 1.29 is 27.4 Å². The summed E-state index contributed by atoms with van der Waals surface area (Å²) >= 11 is 0. The zero-order valence-corrected chi connectivity index (χ0v) is 17.9. The molecule has 0 heterocycles. The highest BCUT2D eigenvalue weighted by Crippen LogP contribution is 2.38. The number of hydrogen-bond donors (Lipinski definition) is 1. The molecule has 0 saturated heterocycles. The van der Waals surface area contributed by atoms with Gasteiger partial charge in [0.2, 0.25) is 21.7 Å². The first kappa shape index (κ1) is 22.5. The van der Waals surface area contributed by atoms with Gasteiger partial charge < -0.3 is 19.5 Å². The summed E-state index contributed by atoms with van der Waals surface area (Å²) in [6.45, 7) is 0.149. The van der Waals surface area contributed by atoms with Crippen LogP contribution in [0.25, 0.3) is 0 Å². The Balaban J connectivity index is 2.29. The molecule has 158 valence electrons. The molecule has 1 N–H and O–H groups in total. The van der Waals surface area contributed by atoms with Gasteiger partial charge in [-0.1, -0.05) is 30.3 Å². The van der Waals surface area contributed by atoms with Crippen molar-refractivity contribution in [3.63, 3.8) is 0 Å². The molecule has 8 nitrogen and oxygen atoms in total. The summed E-state index contributed by atoms with van der Waals surface area (Å²) in [4.78, 5) is 12.9. The number of rotatable bonds is 9. The molecule has 1 unspecified atom stereocenters. The van der Waals surface area contributed by atoms with Crippen LogP contribution < -0.4 is 19.5 Å². The number of amides is 1. The second-order valence-electron chi connectivity index (χ2n) is 6.34. The molecule has 2 aromatic rings. The third kappa shape index (κ3) is 5.39. The van der Waals surface area contributed by atoms with Crippen molar-refractivity contribution in [2.45, 2.75) is 12.6 Å². The van der Waals surface area contributed by atoms with Crippen molar-refractivity contribution in [1.29, 1.82) is 0 Å². The Hall–Kier alpha value is -2.78. The van der Waals surface area contributed by atoms with Gasteiger partial charge in [-0.25, -0.2) is 8.42 Å². The molecule has 0 aliphatic carbocycles. The van der Waals surface area contributed by atoms with E-state index in [9.17, 15) is 13.2 Å². The van der Waals surface area contributed by atoms with Gasteiger partial charge in [-0.05, 0) is 23.3 Å². The van der Waals surface area contributed by atoms with E-state index in [4.69, 9.17) is 14.2 Å². The third-order valence-electron chi connectivity index (χ3n) is 4.44. The van der Waals surface area contributed by atoms with E-state index in [-0.39, 0.29) is 6.54 Å². The van der Waals surface area contributed by atoms with Crippen LogP contribution in [0.15, 0.2) is 42.5 Å². The van der Waals surface area contributed by atoms with Gasteiger partial charge in [0.05, 0.1) is 27.6 Å². The number of hydrogen-bond acceptors (Lipinski definition) is 6. The lowest BCUT2D eigenvalue weighted by molar-refractivity contribution is -0.125. The quantitative estimate of drug-likeness (QED) is 0.664. The fourth-order valence-electron chi connectivity index (χ4n) is 2.88. The topological polar surface area (TPSA) is 94.2 Å². The fraction of sp³-hybridized carbons (Fsp3) is 0.350. The van der Waals surface area contributed by atoms with Gasteiger partial charge in [-0.2, -0.15) is 4.31 Å². The standard InChI is InChI=1S/C20H26N2O6S/c1-22(29(5,24)25)18(15-9-7-6-8-10-15)20(23)21-13-14-11-16(26-2)19(28-4)17(12-14)27-3/h6-12,18H,13H2,1-5H3,(H,21,23). The maximum absolute atomic E-state index is 12.9. The molecule has 0 aliphatic rings. The maximum atomic E-state index is 12.9. The van der Waals surface area contributed by atoms with Gasteiger partial charge in [-0.15, -0.1) is 0 Å². The lowest BCUT2D eigenvalue weighted by Gasteiger charge is -2.25. The summed E-state index contributed by atoms with van der Waals surface area (Å²) in [5, 5.41) is 2.79. The highest BCUT2D eigenvalue weighted by molar-refractivity contribution is 7.88. The largest absolute Gasteiger partial charge is 0.493 e. The van der Waals surface area contributed by atoms with Crippen LogP contribution in [-0.2, 0) is 21.4 Å². The molecule has 0 fully saturated rings. The molecule has 0 spiro atoms. The van der Waals surface area contributed by atoms with E-state index in [2.05, 4.69) is 5.32 Å². The molecule has 1 atom stereocenters. The smallest absolute Gasteiger partial charge is 0.243 e. The predicted octanol–water partition coefficient (Wildman–Crippen LogP) is 1.96. The van der Waals surface area contributed by atoms with Crippen LogP contribution in [0, 0.1) is 0 Å². The second kappa shape index (κ2) is 9.62. The Morgan fingerprint density at radius 2 is 1.59 bits per heavy atom. The number of nitrogens with one attached hydrogen (secondary N) is 1. The van der Waals surface area contributed by atoms with Crippen LogP contribution in [0.4, 0.5) is 0 Å². The van der Waals surface area contributed by atoms with Crippen molar-refractivity contribution in [2.24, 2.45) is 0 Å². The molecule has 0 aromatic heterocycles. The fourth-order valence-corrected chi connectivity index (χ4v) is 3.48. The summed E-state index contributed by atoms with van der Waals surface area (Å²) in [5.41, 5.74) is 1.28. The Bertz CT molecular complexity index is 922. The SMILES string of the molecule is COc1cc(CNC(=O)C(c2ccccc2)N(C)S(C)(=O)=O)cc(OC)c1OC. The van der Waals surface area contributed by atoms with E-state index in [1.807, 2.05) is 0 Å². The first-order valence-corrected chi connectivity index (χ1v) is 10.6. The van der Waals surface area contributed by atoms with Crippen LogP contribution >= 0.6 is 0 Å². The number of likely N-dealkylation sites (N-methyl/N-ethyl adjacent to an activating group) is 1. The minimum Gasteiger partial charge on any atom is -0.493 e. The van der Waals surface area contributed by atoms with Crippen molar-refractivity contribution in [2.75, 3.05) is 34.6 Å². The average molecular weight is 423 g/mol. The lowest BCUT2D eigenvalue weighted by Crippen LogP contribution is -2.41. The van der Waals surface area contributed by atoms with Gasteiger partial charge in [-0.3, -0.25) is 4.79 Å². The van der Waals surface area contributed by atoms with Gasteiger partial charge >= 0.3 is 0 Å². The van der Waals surface area contributed by atoms with E-state index in [0.717, 1.165) is 10.6 Å². The molecular weight excluding hydrogens is 396 g/mol. The minimum atomic E-state index is -3.59. The Morgan fingerprint density at radius 1 is 1.03 bits per heavy atom. The zero-order chi connectivity index (χ0) is 21.6. The van der Waals surface area contributed by atoms with Gasteiger partial charge in [0, 0.05) is 13.6 Å². The van der Waals surface area contributed by atoms with Crippen LogP contribution in [0.3, 0.4) is 0 Å². The number of carbonyl (C=O) groups excluding carboxylic acids is 1. The number of methoxy groups -OCH3 is 3. The third-order valence-corrected chi connectivity index (χ3v) is 5.70. The molecule has 0 aliphatic heterocycles. The summed E-state index contributed by atoms with van der Waals surface area (Å²) in [7, 11) is 2.31. The number of sulfonamides is 1. The second-order valence-corrected chi connectivity index (χ2v) is 8.39. The van der Waals surface area contributed by atoms with Crippen molar-refractivity contribution in [3.05, 3.63) is 53.6 Å². The van der Waals surface area contributed by atoms with Crippen LogP contribution in [0.2, 0.25) is 0 Å². The maximum Gasteiger partial charge on any atom is 0.243 e. The van der Waals surface area contributed by atoms with Crippen LogP contribution in [0.1, 0.15) is 17.2 Å². The monoisotopic (exact) mass is 422 g/mol. The Morgan fingerprint density at radius 3 is 2.03 bits per heavy atom. The predicted molar refractivity (Wildman–Crippen MR) is 110 cm³/mol. The summed E-state index contributed by atoms with van der Waals surface area (Å²) in [6.07, 6.45) is 1.06. The van der Waals surface area contributed by atoms with Crippen molar-refractivity contribution >= 4 is 15.9 Å². The normalized spacial score (nSPS) is 12.3. The molecule has 9 heteroatoms. The molecule has 1 amide bonds. The number of benzene rings is 2. The summed E-state index contributed by atoms with van der Waals surface area (Å²) in [6, 6.07) is 11.2. The van der Waals surface area contributed by atoms with E-state index in [1.54, 1.807) is 42.5 Å². The molecule has 0 bridgehead atoms. The van der Waals surface area contributed by atoms with Crippen LogP contribution in [-0.4, -0.2) is 53.3 Å². The van der Waals surface area contributed by atoms with Crippen LogP contribution in [0.5, 0.6) is 17.2 Å². The van der Waals surface area contributed by atoms with E-state index >= 15 is 0 Å². The van der Waals surface area contributed by atoms with Crippen molar-refractivity contribution in [3.8, 4) is 17.2 Å². The number of nitrogens with zero attached hydrogens (tertiary/aromatic N) is 1. The van der Waals surface area contributed by atoms with Gasteiger partial charge in [0.15, 0.2) is 11.5 Å². The molecule has 2 rings (SSSR count). The lowest BCUT2D eigenvalue weighted by atomic mass is 10.1. The molecular formula is C20H26N2O6S. The highest BCUT2D eigenvalue weighted by atomic mass is 32.2. The first-order valence-electron chi connectivity index (χ1n) is 8.77. The first-order chi connectivity index (χ1) is 13.7. The molecule has 0 radical (unpaired) electrons. The average Bonchev–Trinajstić information content (AvgIpc) is 2.71. The highest BCUT2D eigenvalue weighted by Gasteiger charge is 2.30. The van der Waals surface area contributed by atoms with E-state index < -0.39 is 22.0 Å². The molecule has 2 aromatic carbocycles. The Kier molecular flexibility index (Phi) is 7.46.